The first-order valence-corrected chi connectivity index (χ1v) is 12.9. The van der Waals surface area contributed by atoms with Crippen LogP contribution in [0.3, 0.4) is 0 Å². The van der Waals surface area contributed by atoms with E-state index in [2.05, 4.69) is 20.4 Å². The van der Waals surface area contributed by atoms with Crippen LogP contribution in [0.2, 0.25) is 5.02 Å². The number of amides is 2. The molecule has 3 aromatic rings. The molecular formula is C23H27ClN6O5S. The van der Waals surface area contributed by atoms with E-state index in [1.165, 1.54) is 12.1 Å². The van der Waals surface area contributed by atoms with Gasteiger partial charge in [-0.3, -0.25) is 14.8 Å². The average Bonchev–Trinajstić information content (AvgIpc) is 3.29. The topological polar surface area (TPSA) is 155 Å². The standard InChI is InChI=1S/C23H27ClN6O5S/c1-15(2)10-21(23(32)28-33)22(31)26-18-8-6-16(7-9-18)13-30-14-19(27-29-30)12-25-36(34,35)20-5-3-4-17(24)11-20/h3-9,11,14-15,21,25,33H,10,12-13H2,1-2H3,(H,26,31)(H,28,32). The molecule has 0 aliphatic rings. The summed E-state index contributed by atoms with van der Waals surface area (Å²) in [5, 5.41) is 19.9. The smallest absolute Gasteiger partial charge is 0.255 e. The summed E-state index contributed by atoms with van der Waals surface area (Å²) in [7, 11) is -3.75. The van der Waals surface area contributed by atoms with Crippen molar-refractivity contribution < 1.29 is 23.2 Å². The number of hydrogen-bond donors (Lipinski definition) is 4. The van der Waals surface area contributed by atoms with Crippen LogP contribution >= 0.6 is 11.6 Å². The molecule has 2 amide bonds. The minimum atomic E-state index is -3.75. The quantitative estimate of drug-likeness (QED) is 0.167. The molecule has 4 N–H and O–H groups in total. The highest BCUT2D eigenvalue weighted by Crippen LogP contribution is 2.17. The lowest BCUT2D eigenvalue weighted by molar-refractivity contribution is -0.139. The minimum Gasteiger partial charge on any atom is -0.325 e. The Bertz CT molecular complexity index is 1310. The summed E-state index contributed by atoms with van der Waals surface area (Å²) in [5.74, 6) is -2.20. The number of hydrogen-bond acceptors (Lipinski definition) is 7. The zero-order valence-corrected chi connectivity index (χ0v) is 21.3. The number of aromatic nitrogens is 3. The van der Waals surface area contributed by atoms with Gasteiger partial charge >= 0.3 is 0 Å². The fourth-order valence-corrected chi connectivity index (χ4v) is 4.68. The van der Waals surface area contributed by atoms with Gasteiger partial charge in [-0.05, 0) is 48.2 Å². The second-order valence-corrected chi connectivity index (χ2v) is 10.7. The van der Waals surface area contributed by atoms with Crippen LogP contribution in [0.4, 0.5) is 5.69 Å². The molecule has 0 aliphatic heterocycles. The molecule has 0 fully saturated rings. The van der Waals surface area contributed by atoms with E-state index in [-0.39, 0.29) is 17.4 Å². The molecule has 1 aromatic heterocycles. The second-order valence-electron chi connectivity index (χ2n) is 8.53. The Morgan fingerprint density at radius 1 is 1.11 bits per heavy atom. The van der Waals surface area contributed by atoms with E-state index >= 15 is 0 Å². The second kappa shape index (κ2) is 12.1. The average molecular weight is 535 g/mol. The van der Waals surface area contributed by atoms with Gasteiger partial charge in [-0.15, -0.1) is 5.10 Å². The lowest BCUT2D eigenvalue weighted by atomic mass is 9.95. The Kier molecular flexibility index (Phi) is 9.15. The van der Waals surface area contributed by atoms with Gasteiger partial charge in [0, 0.05) is 10.7 Å². The Balaban J connectivity index is 1.57. The predicted molar refractivity (Wildman–Crippen MR) is 133 cm³/mol. The summed E-state index contributed by atoms with van der Waals surface area (Å²) in [6.07, 6.45) is 1.92. The van der Waals surface area contributed by atoms with Crippen molar-refractivity contribution in [3.63, 3.8) is 0 Å². The van der Waals surface area contributed by atoms with Gasteiger partial charge in [-0.2, -0.15) is 0 Å². The maximum atomic E-state index is 12.5. The van der Waals surface area contributed by atoms with Crippen molar-refractivity contribution in [3.8, 4) is 0 Å². The fourth-order valence-electron chi connectivity index (χ4n) is 3.38. The highest BCUT2D eigenvalue weighted by atomic mass is 35.5. The first kappa shape index (κ1) is 27.3. The number of carbonyl (C=O) groups is 2. The van der Waals surface area contributed by atoms with E-state index in [1.54, 1.807) is 52.8 Å². The number of rotatable bonds is 11. The number of benzene rings is 2. The van der Waals surface area contributed by atoms with Crippen LogP contribution in [-0.2, 0) is 32.7 Å². The highest BCUT2D eigenvalue weighted by molar-refractivity contribution is 7.89. The van der Waals surface area contributed by atoms with E-state index in [1.807, 2.05) is 13.8 Å². The molecule has 0 aliphatic carbocycles. The van der Waals surface area contributed by atoms with Crippen molar-refractivity contribution in [2.75, 3.05) is 5.32 Å². The summed E-state index contributed by atoms with van der Waals surface area (Å²) >= 11 is 5.87. The lowest BCUT2D eigenvalue weighted by Crippen LogP contribution is -2.37. The van der Waals surface area contributed by atoms with Gasteiger partial charge < -0.3 is 5.32 Å². The number of nitrogens with zero attached hydrogens (tertiary/aromatic N) is 3. The van der Waals surface area contributed by atoms with Crippen molar-refractivity contribution in [3.05, 3.63) is 71.0 Å². The highest BCUT2D eigenvalue weighted by Gasteiger charge is 2.27. The van der Waals surface area contributed by atoms with E-state index in [0.717, 1.165) is 5.56 Å². The van der Waals surface area contributed by atoms with Crippen LogP contribution in [-0.4, -0.2) is 40.4 Å². The molecule has 192 valence electrons. The monoisotopic (exact) mass is 534 g/mol. The number of carbonyl (C=O) groups excluding carboxylic acids is 2. The zero-order chi connectivity index (χ0) is 26.3. The van der Waals surface area contributed by atoms with Crippen LogP contribution in [0.1, 0.15) is 31.5 Å². The predicted octanol–water partition coefficient (Wildman–Crippen LogP) is 2.56. The Labute approximate surface area is 213 Å². The molecule has 2 aromatic carbocycles. The SMILES string of the molecule is CC(C)CC(C(=O)NO)C(=O)Nc1ccc(Cn2cc(CNS(=O)(=O)c3cccc(Cl)c3)nn2)cc1. The molecule has 0 radical (unpaired) electrons. The van der Waals surface area contributed by atoms with Crippen molar-refractivity contribution in [2.24, 2.45) is 11.8 Å². The summed E-state index contributed by atoms with van der Waals surface area (Å²) in [5.41, 5.74) is 3.33. The summed E-state index contributed by atoms with van der Waals surface area (Å²) in [6, 6.07) is 12.9. The molecule has 36 heavy (non-hydrogen) atoms. The van der Waals surface area contributed by atoms with E-state index < -0.39 is 27.8 Å². The first-order chi connectivity index (χ1) is 17.1. The van der Waals surface area contributed by atoms with Gasteiger partial charge in [-0.25, -0.2) is 23.3 Å². The largest absolute Gasteiger partial charge is 0.325 e. The van der Waals surface area contributed by atoms with Gasteiger partial charge in [-0.1, -0.05) is 48.9 Å². The van der Waals surface area contributed by atoms with Crippen LogP contribution in [0.5, 0.6) is 0 Å². The molecular weight excluding hydrogens is 508 g/mol. The molecule has 0 saturated carbocycles. The number of sulfonamides is 1. The van der Waals surface area contributed by atoms with Gasteiger partial charge in [0.2, 0.25) is 15.9 Å². The molecule has 3 rings (SSSR count). The number of nitrogens with one attached hydrogen (secondary N) is 3. The normalized spacial score (nSPS) is 12.4. The fraction of sp³-hybridized carbons (Fsp3) is 0.304. The van der Waals surface area contributed by atoms with Crippen LogP contribution in [0.15, 0.2) is 59.6 Å². The van der Waals surface area contributed by atoms with E-state index in [9.17, 15) is 18.0 Å². The number of halogens is 1. The number of anilines is 1. The van der Waals surface area contributed by atoms with Crippen molar-refractivity contribution >= 4 is 39.1 Å². The van der Waals surface area contributed by atoms with Crippen LogP contribution in [0.25, 0.3) is 0 Å². The Morgan fingerprint density at radius 2 is 1.83 bits per heavy atom. The van der Waals surface area contributed by atoms with E-state index in [0.29, 0.717) is 29.4 Å². The van der Waals surface area contributed by atoms with Crippen molar-refractivity contribution in [1.29, 1.82) is 0 Å². The lowest BCUT2D eigenvalue weighted by Gasteiger charge is -2.17. The molecule has 1 heterocycles. The maximum Gasteiger partial charge on any atom is 0.255 e. The van der Waals surface area contributed by atoms with Gasteiger partial charge in [0.15, 0.2) is 0 Å². The Morgan fingerprint density at radius 3 is 2.47 bits per heavy atom. The van der Waals surface area contributed by atoms with Gasteiger partial charge in [0.05, 0.1) is 29.9 Å². The molecule has 0 bridgehead atoms. The zero-order valence-electron chi connectivity index (χ0n) is 19.7. The summed E-state index contributed by atoms with van der Waals surface area (Å²) < 4.78 is 28.9. The van der Waals surface area contributed by atoms with Gasteiger partial charge in [0.25, 0.3) is 5.91 Å². The molecule has 1 unspecified atom stereocenters. The van der Waals surface area contributed by atoms with E-state index in [4.69, 9.17) is 16.8 Å². The minimum absolute atomic E-state index is 0.0429. The molecule has 0 saturated heterocycles. The third kappa shape index (κ3) is 7.59. The van der Waals surface area contributed by atoms with Crippen LogP contribution in [0, 0.1) is 11.8 Å². The molecule has 1 atom stereocenters. The van der Waals surface area contributed by atoms with Crippen molar-refractivity contribution in [2.45, 2.75) is 38.3 Å². The summed E-state index contributed by atoms with van der Waals surface area (Å²) in [6.45, 7) is 4.08. The number of hydroxylamine groups is 1. The van der Waals surface area contributed by atoms with Crippen molar-refractivity contribution in [1.82, 2.24) is 25.2 Å². The third-order valence-corrected chi connectivity index (χ3v) is 6.79. The third-order valence-electron chi connectivity index (χ3n) is 5.15. The Hall–Kier alpha value is -3.32. The molecule has 11 nitrogen and oxygen atoms in total. The summed E-state index contributed by atoms with van der Waals surface area (Å²) in [4.78, 5) is 24.4. The molecule has 0 spiro atoms. The van der Waals surface area contributed by atoms with Crippen LogP contribution < -0.4 is 15.5 Å². The molecule has 13 heteroatoms. The first-order valence-electron chi connectivity index (χ1n) is 11.1. The van der Waals surface area contributed by atoms with Gasteiger partial charge in [0.1, 0.15) is 5.92 Å². The maximum absolute atomic E-state index is 12.5.